The van der Waals surface area contributed by atoms with Gasteiger partial charge in [0.25, 0.3) is 5.89 Å². The van der Waals surface area contributed by atoms with Gasteiger partial charge in [-0.3, -0.25) is 0 Å². The molecular formula is C18H20ClN3O. The first-order chi connectivity index (χ1) is 10.8. The Labute approximate surface area is 141 Å². The molecule has 5 heteroatoms. The van der Waals surface area contributed by atoms with Gasteiger partial charge in [-0.25, -0.2) is 0 Å². The Morgan fingerprint density at radius 3 is 2.74 bits per heavy atom. The van der Waals surface area contributed by atoms with Gasteiger partial charge in [0.05, 0.1) is 0 Å². The van der Waals surface area contributed by atoms with Crippen LogP contribution in [0, 0.1) is 0 Å². The van der Waals surface area contributed by atoms with Gasteiger partial charge >= 0.3 is 0 Å². The van der Waals surface area contributed by atoms with Crippen LogP contribution < -0.4 is 5.32 Å². The van der Waals surface area contributed by atoms with Crippen molar-refractivity contribution in [2.45, 2.75) is 32.2 Å². The molecule has 0 fully saturated rings. The number of hydrogen-bond acceptors (Lipinski definition) is 4. The average molecular weight is 330 g/mol. The fraction of sp³-hybridized carbons (Fsp3) is 0.333. The highest BCUT2D eigenvalue weighted by Crippen LogP contribution is 2.36. The molecule has 1 N–H and O–H groups in total. The molecule has 1 aliphatic carbocycles. The zero-order valence-electron chi connectivity index (χ0n) is 13.3. The maximum atomic E-state index is 5.52. The van der Waals surface area contributed by atoms with Crippen LogP contribution in [0.2, 0.25) is 0 Å². The average Bonchev–Trinajstić information content (AvgIpc) is 3.16. The molecule has 4 rings (SSSR count). The number of benzene rings is 2. The van der Waals surface area contributed by atoms with Crippen molar-refractivity contribution in [1.29, 1.82) is 0 Å². The molecule has 0 bridgehead atoms. The van der Waals surface area contributed by atoms with Crippen molar-refractivity contribution in [3.8, 4) is 11.5 Å². The Morgan fingerprint density at radius 1 is 1.17 bits per heavy atom. The second kappa shape index (κ2) is 6.30. The van der Waals surface area contributed by atoms with Crippen molar-refractivity contribution in [3.63, 3.8) is 0 Å². The number of likely N-dealkylation sites (N-methyl/N-ethyl adjacent to an activating group) is 1. The third kappa shape index (κ3) is 2.73. The summed E-state index contributed by atoms with van der Waals surface area (Å²) in [6.07, 6.45) is 3.02. The smallest absolute Gasteiger partial charge is 0.258 e. The zero-order valence-corrected chi connectivity index (χ0v) is 14.1. The SMILES string of the molecule is CNC(C)Cc1noc(-c2ccc3c4c(cccc24)CC3)n1.Cl. The molecule has 0 spiro atoms. The molecular weight excluding hydrogens is 310 g/mol. The minimum absolute atomic E-state index is 0. The molecule has 23 heavy (non-hydrogen) atoms. The summed E-state index contributed by atoms with van der Waals surface area (Å²) in [5, 5.41) is 9.92. The van der Waals surface area contributed by atoms with Gasteiger partial charge in [0.2, 0.25) is 0 Å². The summed E-state index contributed by atoms with van der Waals surface area (Å²) in [4.78, 5) is 4.58. The van der Waals surface area contributed by atoms with E-state index in [4.69, 9.17) is 4.52 Å². The summed E-state index contributed by atoms with van der Waals surface area (Å²) in [5.74, 6) is 1.37. The van der Waals surface area contributed by atoms with Gasteiger partial charge in [-0.2, -0.15) is 4.98 Å². The number of aromatic nitrogens is 2. The van der Waals surface area contributed by atoms with E-state index in [1.165, 1.54) is 21.9 Å². The molecule has 0 saturated carbocycles. The van der Waals surface area contributed by atoms with Crippen LogP contribution in [0.25, 0.3) is 22.2 Å². The molecule has 1 aliphatic rings. The van der Waals surface area contributed by atoms with E-state index in [9.17, 15) is 0 Å². The molecule has 1 unspecified atom stereocenters. The summed E-state index contributed by atoms with van der Waals surface area (Å²) >= 11 is 0. The summed E-state index contributed by atoms with van der Waals surface area (Å²) in [6.45, 7) is 2.11. The van der Waals surface area contributed by atoms with Crippen molar-refractivity contribution in [2.24, 2.45) is 0 Å². The van der Waals surface area contributed by atoms with E-state index < -0.39 is 0 Å². The molecule has 0 aliphatic heterocycles. The maximum Gasteiger partial charge on any atom is 0.258 e. The van der Waals surface area contributed by atoms with Crippen LogP contribution >= 0.6 is 12.4 Å². The first-order valence-electron chi connectivity index (χ1n) is 7.80. The van der Waals surface area contributed by atoms with Crippen molar-refractivity contribution < 1.29 is 4.52 Å². The molecule has 1 atom stereocenters. The minimum Gasteiger partial charge on any atom is -0.334 e. The minimum atomic E-state index is 0. The molecule has 0 radical (unpaired) electrons. The van der Waals surface area contributed by atoms with Crippen LogP contribution in [0.3, 0.4) is 0 Å². The molecule has 0 amide bonds. The number of aryl methyl sites for hydroxylation is 2. The lowest BCUT2D eigenvalue weighted by Gasteiger charge is -2.06. The summed E-state index contributed by atoms with van der Waals surface area (Å²) < 4.78 is 5.52. The molecule has 2 aromatic carbocycles. The van der Waals surface area contributed by atoms with Gasteiger partial charge in [-0.15, -0.1) is 12.4 Å². The van der Waals surface area contributed by atoms with E-state index in [1.54, 1.807) is 0 Å². The topological polar surface area (TPSA) is 51.0 Å². The lowest BCUT2D eigenvalue weighted by molar-refractivity contribution is 0.418. The molecule has 3 aromatic rings. The highest BCUT2D eigenvalue weighted by molar-refractivity contribution is 5.99. The predicted molar refractivity (Wildman–Crippen MR) is 94.1 cm³/mol. The molecule has 1 aromatic heterocycles. The third-order valence-electron chi connectivity index (χ3n) is 4.56. The Kier molecular flexibility index (Phi) is 4.37. The van der Waals surface area contributed by atoms with Crippen LogP contribution in [0.5, 0.6) is 0 Å². The van der Waals surface area contributed by atoms with Gasteiger partial charge in [-0.1, -0.05) is 29.4 Å². The van der Waals surface area contributed by atoms with E-state index in [1.807, 2.05) is 7.05 Å². The zero-order chi connectivity index (χ0) is 15.1. The van der Waals surface area contributed by atoms with Crippen LogP contribution in [0.15, 0.2) is 34.9 Å². The Hall–Kier alpha value is -1.91. The fourth-order valence-corrected chi connectivity index (χ4v) is 3.26. The van der Waals surface area contributed by atoms with E-state index in [2.05, 4.69) is 52.7 Å². The van der Waals surface area contributed by atoms with Crippen molar-refractivity contribution >= 4 is 23.2 Å². The lowest BCUT2D eigenvalue weighted by Crippen LogP contribution is -2.24. The quantitative estimate of drug-likeness (QED) is 0.795. The first-order valence-corrected chi connectivity index (χ1v) is 7.80. The van der Waals surface area contributed by atoms with Crippen LogP contribution in [0.1, 0.15) is 23.9 Å². The highest BCUT2D eigenvalue weighted by Gasteiger charge is 2.19. The van der Waals surface area contributed by atoms with E-state index in [-0.39, 0.29) is 12.4 Å². The second-order valence-electron chi connectivity index (χ2n) is 6.02. The highest BCUT2D eigenvalue weighted by atomic mass is 35.5. The number of rotatable bonds is 4. The van der Waals surface area contributed by atoms with E-state index in [0.29, 0.717) is 11.9 Å². The van der Waals surface area contributed by atoms with Crippen LogP contribution in [-0.4, -0.2) is 23.2 Å². The number of nitrogens with one attached hydrogen (secondary N) is 1. The van der Waals surface area contributed by atoms with Crippen LogP contribution in [0.4, 0.5) is 0 Å². The van der Waals surface area contributed by atoms with Gasteiger partial charge in [0, 0.05) is 18.0 Å². The van der Waals surface area contributed by atoms with Crippen molar-refractivity contribution in [1.82, 2.24) is 15.5 Å². The normalized spacial score (nSPS) is 14.0. The standard InChI is InChI=1S/C18H19N3O.ClH/c1-11(19-2)10-16-20-18(22-21-16)15-9-8-13-7-6-12-4-3-5-14(15)17(12)13;/h3-5,8-9,11,19H,6-7,10H2,1-2H3;1H. The largest absolute Gasteiger partial charge is 0.334 e. The number of hydrogen-bond donors (Lipinski definition) is 1. The summed E-state index contributed by atoms with van der Waals surface area (Å²) in [6, 6.07) is 11.1. The van der Waals surface area contributed by atoms with Crippen LogP contribution in [-0.2, 0) is 19.3 Å². The molecule has 4 nitrogen and oxygen atoms in total. The van der Waals surface area contributed by atoms with E-state index in [0.717, 1.165) is 30.7 Å². The second-order valence-corrected chi connectivity index (χ2v) is 6.02. The lowest BCUT2D eigenvalue weighted by atomic mass is 10.00. The fourth-order valence-electron chi connectivity index (χ4n) is 3.26. The van der Waals surface area contributed by atoms with Crippen molar-refractivity contribution in [3.05, 3.63) is 47.3 Å². The van der Waals surface area contributed by atoms with Gasteiger partial charge in [0.1, 0.15) is 0 Å². The first kappa shape index (κ1) is 16.0. The molecule has 1 heterocycles. The maximum absolute atomic E-state index is 5.52. The van der Waals surface area contributed by atoms with Crippen molar-refractivity contribution in [2.75, 3.05) is 7.05 Å². The Bertz CT molecular complexity index is 833. The van der Waals surface area contributed by atoms with E-state index >= 15 is 0 Å². The molecule has 120 valence electrons. The van der Waals surface area contributed by atoms with Gasteiger partial charge in [-0.05, 0) is 54.8 Å². The monoisotopic (exact) mass is 329 g/mol. The van der Waals surface area contributed by atoms with Gasteiger partial charge < -0.3 is 9.84 Å². The molecule has 0 saturated heterocycles. The summed E-state index contributed by atoms with van der Waals surface area (Å²) in [5.41, 5.74) is 3.90. The number of halogens is 1. The Balaban J connectivity index is 0.00000156. The van der Waals surface area contributed by atoms with Gasteiger partial charge in [0.15, 0.2) is 5.82 Å². The third-order valence-corrected chi connectivity index (χ3v) is 4.56. The predicted octanol–water partition coefficient (Wildman–Crippen LogP) is 3.56. The Morgan fingerprint density at radius 2 is 1.96 bits per heavy atom. The number of nitrogens with zero attached hydrogens (tertiary/aromatic N) is 2. The summed E-state index contributed by atoms with van der Waals surface area (Å²) in [7, 11) is 1.94.